The van der Waals surface area contributed by atoms with Crippen LogP contribution in [0.5, 0.6) is 0 Å². The fourth-order valence-corrected chi connectivity index (χ4v) is 2.74. The van der Waals surface area contributed by atoms with Crippen molar-refractivity contribution in [2.24, 2.45) is 0 Å². The second kappa shape index (κ2) is 5.80. The third-order valence-electron chi connectivity index (χ3n) is 3.53. The fraction of sp³-hybridized carbons (Fsp3) is 0.333. The van der Waals surface area contributed by atoms with Crippen LogP contribution in [0.2, 0.25) is 0 Å². The third-order valence-corrected chi connectivity index (χ3v) is 4.05. The van der Waals surface area contributed by atoms with E-state index in [1.807, 2.05) is 12.1 Å². The van der Waals surface area contributed by atoms with Crippen molar-refractivity contribution >= 4 is 21.6 Å². The lowest BCUT2D eigenvalue weighted by molar-refractivity contribution is 0.455. The number of halogens is 1. The number of benzene rings is 1. The summed E-state index contributed by atoms with van der Waals surface area (Å²) in [6.45, 7) is 2.98. The van der Waals surface area contributed by atoms with Gasteiger partial charge in [-0.1, -0.05) is 15.9 Å². The van der Waals surface area contributed by atoms with Crippen LogP contribution in [0.15, 0.2) is 51.6 Å². The highest BCUT2D eigenvalue weighted by atomic mass is 79.9. The Labute approximate surface area is 121 Å². The second-order valence-electron chi connectivity index (χ2n) is 4.87. The summed E-state index contributed by atoms with van der Waals surface area (Å²) in [6.07, 6.45) is 2.90. The minimum atomic E-state index is 0.536. The molecule has 1 fully saturated rings. The summed E-state index contributed by atoms with van der Waals surface area (Å²) in [5, 5.41) is 3.55. The zero-order valence-electron chi connectivity index (χ0n) is 10.7. The Hall–Kier alpha value is -1.26. The summed E-state index contributed by atoms with van der Waals surface area (Å²) in [5.41, 5.74) is 1.30. The second-order valence-corrected chi connectivity index (χ2v) is 5.78. The van der Waals surface area contributed by atoms with Crippen molar-refractivity contribution in [2.45, 2.75) is 19.0 Å². The summed E-state index contributed by atoms with van der Waals surface area (Å²) in [5.74, 6) is 1.00. The number of rotatable bonds is 4. The van der Waals surface area contributed by atoms with Gasteiger partial charge in [-0.25, -0.2) is 0 Å². The summed E-state index contributed by atoms with van der Waals surface area (Å²) in [7, 11) is 0. The van der Waals surface area contributed by atoms with E-state index in [4.69, 9.17) is 4.42 Å². The van der Waals surface area contributed by atoms with Gasteiger partial charge in [0.05, 0.1) is 12.8 Å². The molecule has 1 aliphatic heterocycles. The Morgan fingerprint density at radius 3 is 2.84 bits per heavy atom. The van der Waals surface area contributed by atoms with Gasteiger partial charge in [0.25, 0.3) is 0 Å². The number of nitrogens with one attached hydrogen (secondary N) is 1. The van der Waals surface area contributed by atoms with Crippen molar-refractivity contribution in [3.05, 3.63) is 52.9 Å². The average molecular weight is 321 g/mol. The predicted molar refractivity (Wildman–Crippen MR) is 80.3 cm³/mol. The van der Waals surface area contributed by atoms with E-state index >= 15 is 0 Å². The van der Waals surface area contributed by atoms with E-state index < -0.39 is 0 Å². The van der Waals surface area contributed by atoms with Crippen molar-refractivity contribution < 1.29 is 4.42 Å². The molecule has 1 N–H and O–H groups in total. The molecule has 1 atom stereocenters. The highest BCUT2D eigenvalue weighted by Gasteiger charge is 2.22. The Balaban J connectivity index is 1.53. The number of hydrogen-bond donors (Lipinski definition) is 1. The van der Waals surface area contributed by atoms with Crippen molar-refractivity contribution in [3.8, 4) is 0 Å². The first-order valence-corrected chi connectivity index (χ1v) is 7.37. The molecule has 100 valence electrons. The molecule has 1 aromatic carbocycles. The molecule has 2 heterocycles. The Kier molecular flexibility index (Phi) is 3.89. The quantitative estimate of drug-likeness (QED) is 0.935. The lowest BCUT2D eigenvalue weighted by atomic mass is 10.2. The van der Waals surface area contributed by atoms with Gasteiger partial charge < -0.3 is 14.6 Å². The molecule has 4 heteroatoms. The van der Waals surface area contributed by atoms with Crippen molar-refractivity contribution in [1.29, 1.82) is 0 Å². The number of furan rings is 1. The van der Waals surface area contributed by atoms with E-state index in [0.717, 1.165) is 29.9 Å². The minimum absolute atomic E-state index is 0.536. The van der Waals surface area contributed by atoms with Gasteiger partial charge in [-0.05, 0) is 42.8 Å². The first-order chi connectivity index (χ1) is 9.31. The number of nitrogens with zero attached hydrogens (tertiary/aromatic N) is 1. The highest BCUT2D eigenvalue weighted by Crippen LogP contribution is 2.22. The van der Waals surface area contributed by atoms with Crippen LogP contribution in [0, 0.1) is 0 Å². The highest BCUT2D eigenvalue weighted by molar-refractivity contribution is 9.10. The monoisotopic (exact) mass is 320 g/mol. The lowest BCUT2D eigenvalue weighted by Gasteiger charge is -2.19. The molecular formula is C15H17BrN2O. The predicted octanol–water partition coefficient (Wildman–Crippen LogP) is 3.41. The van der Waals surface area contributed by atoms with E-state index in [2.05, 4.69) is 50.4 Å². The Morgan fingerprint density at radius 1 is 1.26 bits per heavy atom. The van der Waals surface area contributed by atoms with Gasteiger partial charge >= 0.3 is 0 Å². The summed E-state index contributed by atoms with van der Waals surface area (Å²) in [4.78, 5) is 2.42. The van der Waals surface area contributed by atoms with Crippen LogP contribution >= 0.6 is 15.9 Å². The van der Waals surface area contributed by atoms with E-state index in [1.165, 1.54) is 12.1 Å². The van der Waals surface area contributed by atoms with Crippen molar-refractivity contribution in [3.63, 3.8) is 0 Å². The minimum Gasteiger partial charge on any atom is -0.468 e. The summed E-state index contributed by atoms with van der Waals surface area (Å²) < 4.78 is 6.46. The number of hydrogen-bond acceptors (Lipinski definition) is 3. The first-order valence-electron chi connectivity index (χ1n) is 6.57. The first kappa shape index (κ1) is 12.8. The molecule has 2 aromatic rings. The van der Waals surface area contributed by atoms with Gasteiger partial charge in [0.15, 0.2) is 0 Å². The maximum atomic E-state index is 5.34. The fourth-order valence-electron chi connectivity index (χ4n) is 2.47. The molecule has 3 rings (SSSR count). The molecule has 0 radical (unpaired) electrons. The number of anilines is 1. The largest absolute Gasteiger partial charge is 0.468 e. The van der Waals surface area contributed by atoms with Crippen molar-refractivity contribution in [1.82, 2.24) is 5.32 Å². The molecule has 0 saturated carbocycles. The molecule has 1 unspecified atom stereocenters. The standard InChI is InChI=1S/C15H17BrN2O/c16-12-3-5-14(6-4-12)18-8-7-13(11-18)17-10-15-2-1-9-19-15/h1-6,9,13,17H,7-8,10-11H2. The maximum absolute atomic E-state index is 5.34. The van der Waals surface area contributed by atoms with Crippen LogP contribution in [0.25, 0.3) is 0 Å². The topological polar surface area (TPSA) is 28.4 Å². The zero-order chi connectivity index (χ0) is 13.1. The molecule has 1 saturated heterocycles. The van der Waals surface area contributed by atoms with Crippen molar-refractivity contribution in [2.75, 3.05) is 18.0 Å². The molecule has 0 amide bonds. The van der Waals surface area contributed by atoms with Crippen LogP contribution in [0.3, 0.4) is 0 Å². The van der Waals surface area contributed by atoms with Crippen LogP contribution in [-0.4, -0.2) is 19.1 Å². The van der Waals surface area contributed by atoms with Gasteiger partial charge in [-0.3, -0.25) is 0 Å². The van der Waals surface area contributed by atoms with Crippen LogP contribution < -0.4 is 10.2 Å². The smallest absolute Gasteiger partial charge is 0.117 e. The van der Waals surface area contributed by atoms with Gasteiger partial charge in [0.2, 0.25) is 0 Å². The van der Waals surface area contributed by atoms with E-state index in [-0.39, 0.29) is 0 Å². The van der Waals surface area contributed by atoms with Gasteiger partial charge in [0, 0.05) is 29.3 Å². The van der Waals surface area contributed by atoms with E-state index in [9.17, 15) is 0 Å². The molecule has 0 aliphatic carbocycles. The maximum Gasteiger partial charge on any atom is 0.117 e. The zero-order valence-corrected chi connectivity index (χ0v) is 12.3. The van der Waals surface area contributed by atoms with Crippen LogP contribution in [0.4, 0.5) is 5.69 Å². The van der Waals surface area contributed by atoms with E-state index in [0.29, 0.717) is 6.04 Å². The summed E-state index contributed by atoms with van der Waals surface area (Å²) in [6, 6.07) is 13.0. The molecular weight excluding hydrogens is 304 g/mol. The lowest BCUT2D eigenvalue weighted by Crippen LogP contribution is -2.31. The molecule has 1 aliphatic rings. The molecule has 19 heavy (non-hydrogen) atoms. The molecule has 0 spiro atoms. The molecule has 0 bridgehead atoms. The van der Waals surface area contributed by atoms with Gasteiger partial charge in [0.1, 0.15) is 5.76 Å². The van der Waals surface area contributed by atoms with E-state index in [1.54, 1.807) is 6.26 Å². The Morgan fingerprint density at radius 2 is 2.11 bits per heavy atom. The van der Waals surface area contributed by atoms with Gasteiger partial charge in [-0.15, -0.1) is 0 Å². The Bertz CT molecular complexity index is 509. The normalized spacial score (nSPS) is 19.0. The average Bonchev–Trinajstić information content (AvgIpc) is 3.09. The third kappa shape index (κ3) is 3.19. The summed E-state index contributed by atoms with van der Waals surface area (Å²) >= 11 is 3.47. The van der Waals surface area contributed by atoms with Crippen LogP contribution in [0.1, 0.15) is 12.2 Å². The molecule has 1 aromatic heterocycles. The molecule has 3 nitrogen and oxygen atoms in total. The van der Waals surface area contributed by atoms with Gasteiger partial charge in [-0.2, -0.15) is 0 Å². The van der Waals surface area contributed by atoms with Crippen LogP contribution in [-0.2, 0) is 6.54 Å². The SMILES string of the molecule is Brc1ccc(N2CCC(NCc3ccco3)C2)cc1.